The maximum absolute atomic E-state index is 12.5. The van der Waals surface area contributed by atoms with Crippen LogP contribution in [0.5, 0.6) is 0 Å². The Morgan fingerprint density at radius 2 is 1.89 bits per heavy atom. The first-order chi connectivity index (χ1) is 8.64. The fraction of sp³-hybridized carbons (Fsp3) is 0.462. The Morgan fingerprint density at radius 1 is 1.26 bits per heavy atom. The molecule has 0 unspecified atom stereocenters. The zero-order valence-corrected chi connectivity index (χ0v) is 11.1. The van der Waals surface area contributed by atoms with Gasteiger partial charge in [0.2, 0.25) is 0 Å². The minimum absolute atomic E-state index is 0.110. The molecule has 0 aliphatic rings. The Labute approximate surface area is 110 Å². The number of anilines is 1. The molecule has 0 atom stereocenters. The molecular formula is C13H17F3N2O. The third kappa shape index (κ3) is 4.81. The maximum atomic E-state index is 12.5. The molecule has 0 saturated heterocycles. The molecule has 0 aliphatic heterocycles. The minimum atomic E-state index is -4.42. The van der Waals surface area contributed by atoms with Crippen LogP contribution in [0.1, 0.15) is 32.8 Å². The van der Waals surface area contributed by atoms with Gasteiger partial charge in [-0.25, -0.2) is 4.79 Å². The molecule has 0 aromatic heterocycles. The summed E-state index contributed by atoms with van der Waals surface area (Å²) in [5, 5.41) is 5.08. The molecule has 0 radical (unpaired) electrons. The van der Waals surface area contributed by atoms with Crippen molar-refractivity contribution in [2.75, 3.05) is 5.32 Å². The van der Waals surface area contributed by atoms with E-state index in [2.05, 4.69) is 10.6 Å². The van der Waals surface area contributed by atoms with Crippen molar-refractivity contribution in [2.24, 2.45) is 0 Å². The molecule has 0 bridgehead atoms. The summed E-state index contributed by atoms with van der Waals surface area (Å²) in [5.41, 5.74) is -1.09. The van der Waals surface area contributed by atoms with Gasteiger partial charge in [0.15, 0.2) is 0 Å². The van der Waals surface area contributed by atoms with Crippen molar-refractivity contribution in [3.05, 3.63) is 29.8 Å². The molecule has 19 heavy (non-hydrogen) atoms. The monoisotopic (exact) mass is 274 g/mol. The SMILES string of the molecule is CCC(C)(C)NC(=O)Nc1cccc(C(F)(F)F)c1. The van der Waals surface area contributed by atoms with Crippen LogP contribution in [0, 0.1) is 0 Å². The fourth-order valence-electron chi connectivity index (χ4n) is 1.33. The van der Waals surface area contributed by atoms with Gasteiger partial charge in [0.05, 0.1) is 5.56 Å². The fourth-order valence-corrected chi connectivity index (χ4v) is 1.33. The van der Waals surface area contributed by atoms with Crippen LogP contribution < -0.4 is 10.6 Å². The Morgan fingerprint density at radius 3 is 2.42 bits per heavy atom. The second-order valence-electron chi connectivity index (χ2n) is 4.90. The minimum Gasteiger partial charge on any atom is -0.333 e. The van der Waals surface area contributed by atoms with Gasteiger partial charge in [0, 0.05) is 11.2 Å². The number of hydrogen-bond acceptors (Lipinski definition) is 1. The largest absolute Gasteiger partial charge is 0.416 e. The number of halogens is 3. The van der Waals surface area contributed by atoms with Crippen LogP contribution in [0.25, 0.3) is 0 Å². The van der Waals surface area contributed by atoms with Crippen LogP contribution in [-0.2, 0) is 6.18 Å². The second kappa shape index (κ2) is 5.50. The molecule has 0 saturated carbocycles. The van der Waals surface area contributed by atoms with E-state index in [1.165, 1.54) is 12.1 Å². The highest BCUT2D eigenvalue weighted by molar-refractivity contribution is 5.89. The van der Waals surface area contributed by atoms with Crippen LogP contribution in [0.4, 0.5) is 23.7 Å². The van der Waals surface area contributed by atoms with E-state index in [0.717, 1.165) is 12.1 Å². The van der Waals surface area contributed by atoms with Gasteiger partial charge in [-0.05, 0) is 38.5 Å². The molecule has 2 N–H and O–H groups in total. The third-order valence-electron chi connectivity index (χ3n) is 2.78. The second-order valence-corrected chi connectivity index (χ2v) is 4.90. The van der Waals surface area contributed by atoms with Crippen molar-refractivity contribution < 1.29 is 18.0 Å². The molecule has 3 nitrogen and oxygen atoms in total. The molecule has 0 heterocycles. The molecule has 1 rings (SSSR count). The first-order valence-corrected chi connectivity index (χ1v) is 5.90. The highest BCUT2D eigenvalue weighted by Crippen LogP contribution is 2.30. The molecule has 6 heteroatoms. The lowest BCUT2D eigenvalue weighted by Gasteiger charge is -2.24. The molecule has 106 valence electrons. The van der Waals surface area contributed by atoms with Crippen molar-refractivity contribution in [3.8, 4) is 0 Å². The first-order valence-electron chi connectivity index (χ1n) is 5.90. The number of benzene rings is 1. The number of rotatable bonds is 3. The van der Waals surface area contributed by atoms with Crippen molar-refractivity contribution in [2.45, 2.75) is 38.9 Å². The lowest BCUT2D eigenvalue weighted by molar-refractivity contribution is -0.137. The van der Waals surface area contributed by atoms with E-state index >= 15 is 0 Å². The number of urea groups is 1. The summed E-state index contributed by atoms with van der Waals surface area (Å²) >= 11 is 0. The zero-order chi connectivity index (χ0) is 14.7. The van der Waals surface area contributed by atoms with E-state index in [1.54, 1.807) is 0 Å². The summed E-state index contributed by atoms with van der Waals surface area (Å²) in [6, 6.07) is 4.00. The number of hydrogen-bond donors (Lipinski definition) is 2. The van der Waals surface area contributed by atoms with E-state index in [9.17, 15) is 18.0 Å². The smallest absolute Gasteiger partial charge is 0.333 e. The van der Waals surface area contributed by atoms with Crippen LogP contribution >= 0.6 is 0 Å². The Hall–Kier alpha value is -1.72. The number of carbonyl (C=O) groups is 1. The van der Waals surface area contributed by atoms with Gasteiger partial charge < -0.3 is 10.6 Å². The van der Waals surface area contributed by atoms with E-state index in [4.69, 9.17) is 0 Å². The lowest BCUT2D eigenvalue weighted by atomic mass is 10.0. The molecule has 2 amide bonds. The highest BCUT2D eigenvalue weighted by atomic mass is 19.4. The Balaban J connectivity index is 2.76. The first kappa shape index (κ1) is 15.3. The van der Waals surface area contributed by atoms with E-state index in [1.807, 2.05) is 20.8 Å². The van der Waals surface area contributed by atoms with Gasteiger partial charge in [0.1, 0.15) is 0 Å². The molecule has 1 aromatic rings. The van der Waals surface area contributed by atoms with E-state index < -0.39 is 23.3 Å². The van der Waals surface area contributed by atoms with Gasteiger partial charge in [-0.2, -0.15) is 13.2 Å². The molecule has 0 fully saturated rings. The summed E-state index contributed by atoms with van der Waals surface area (Å²) in [5.74, 6) is 0. The van der Waals surface area contributed by atoms with E-state index in [-0.39, 0.29) is 5.69 Å². The van der Waals surface area contributed by atoms with Gasteiger partial charge in [0.25, 0.3) is 0 Å². The Kier molecular flexibility index (Phi) is 4.44. The Bertz CT molecular complexity index is 455. The van der Waals surface area contributed by atoms with Gasteiger partial charge in [-0.3, -0.25) is 0 Å². The molecule has 0 aliphatic carbocycles. The van der Waals surface area contributed by atoms with Gasteiger partial charge in [-0.15, -0.1) is 0 Å². The van der Waals surface area contributed by atoms with Crippen LogP contribution in [0.3, 0.4) is 0 Å². The third-order valence-corrected chi connectivity index (χ3v) is 2.78. The van der Waals surface area contributed by atoms with Crippen molar-refractivity contribution in [1.82, 2.24) is 5.32 Å². The summed E-state index contributed by atoms with van der Waals surface area (Å²) in [6.07, 6.45) is -3.71. The van der Waals surface area contributed by atoms with Crippen LogP contribution in [0.15, 0.2) is 24.3 Å². The van der Waals surface area contributed by atoms with E-state index in [0.29, 0.717) is 6.42 Å². The lowest BCUT2D eigenvalue weighted by Crippen LogP contribution is -2.45. The molecule has 0 spiro atoms. The quantitative estimate of drug-likeness (QED) is 0.859. The summed E-state index contributed by atoms with van der Waals surface area (Å²) in [7, 11) is 0. The number of alkyl halides is 3. The predicted molar refractivity (Wildman–Crippen MR) is 68.0 cm³/mol. The van der Waals surface area contributed by atoms with Crippen molar-refractivity contribution in [3.63, 3.8) is 0 Å². The normalized spacial score (nSPS) is 12.1. The van der Waals surface area contributed by atoms with Gasteiger partial charge in [-0.1, -0.05) is 13.0 Å². The molecular weight excluding hydrogens is 257 g/mol. The average Bonchev–Trinajstić information content (AvgIpc) is 2.27. The molecule has 1 aromatic carbocycles. The van der Waals surface area contributed by atoms with Gasteiger partial charge >= 0.3 is 12.2 Å². The number of nitrogens with one attached hydrogen (secondary N) is 2. The maximum Gasteiger partial charge on any atom is 0.416 e. The van der Waals surface area contributed by atoms with Crippen molar-refractivity contribution >= 4 is 11.7 Å². The summed E-state index contributed by atoms with van der Waals surface area (Å²) in [6.45, 7) is 5.57. The standard InChI is InChI=1S/C13H17F3N2O/c1-4-12(2,3)18-11(19)17-10-7-5-6-9(8-10)13(14,15)16/h5-8H,4H2,1-3H3,(H2,17,18,19). The average molecular weight is 274 g/mol. The summed E-state index contributed by atoms with van der Waals surface area (Å²) in [4.78, 5) is 11.6. The topological polar surface area (TPSA) is 41.1 Å². The number of carbonyl (C=O) groups excluding carboxylic acids is 1. The van der Waals surface area contributed by atoms with Crippen molar-refractivity contribution in [1.29, 1.82) is 0 Å². The highest BCUT2D eigenvalue weighted by Gasteiger charge is 2.30. The summed E-state index contributed by atoms with van der Waals surface area (Å²) < 4.78 is 37.5. The predicted octanol–water partition coefficient (Wildman–Crippen LogP) is 4.02. The van der Waals surface area contributed by atoms with Crippen LogP contribution in [-0.4, -0.2) is 11.6 Å². The zero-order valence-electron chi connectivity index (χ0n) is 11.1. The van der Waals surface area contributed by atoms with Crippen LogP contribution in [0.2, 0.25) is 0 Å². The number of amides is 2.